The Hall–Kier alpha value is -1.68. The SMILES string of the molecule is Cl.Cn1c(=O)[nH]c(=O)c2c1ncn2CC1COC(CN2CCCCC2)O1. The molecule has 0 bridgehead atoms. The van der Waals surface area contributed by atoms with E-state index < -0.39 is 11.2 Å². The van der Waals surface area contributed by atoms with E-state index in [9.17, 15) is 9.59 Å². The first-order valence-electron chi connectivity index (χ1n) is 8.75. The van der Waals surface area contributed by atoms with Crippen LogP contribution < -0.4 is 11.2 Å². The number of rotatable bonds is 4. The van der Waals surface area contributed by atoms with E-state index in [4.69, 9.17) is 9.47 Å². The van der Waals surface area contributed by atoms with Crippen molar-refractivity contribution >= 4 is 23.6 Å². The van der Waals surface area contributed by atoms with Gasteiger partial charge < -0.3 is 14.0 Å². The third kappa shape index (κ3) is 3.71. The number of hydrogen-bond acceptors (Lipinski definition) is 6. The van der Waals surface area contributed by atoms with Crippen molar-refractivity contribution < 1.29 is 9.47 Å². The van der Waals surface area contributed by atoms with Gasteiger partial charge in [-0.25, -0.2) is 9.78 Å². The van der Waals surface area contributed by atoms with Crippen molar-refractivity contribution in [2.75, 3.05) is 26.2 Å². The van der Waals surface area contributed by atoms with Crippen molar-refractivity contribution in [1.29, 1.82) is 0 Å². The fourth-order valence-electron chi connectivity index (χ4n) is 3.60. The van der Waals surface area contributed by atoms with E-state index in [2.05, 4.69) is 14.9 Å². The Morgan fingerprint density at radius 2 is 2.00 bits per heavy atom. The smallest absolute Gasteiger partial charge is 0.329 e. The second-order valence-corrected chi connectivity index (χ2v) is 6.77. The number of fused-ring (bicyclic) bond motifs is 1. The molecule has 2 aromatic rings. The zero-order valence-electron chi connectivity index (χ0n) is 14.7. The first kappa shape index (κ1) is 19.1. The molecule has 2 aliphatic rings. The number of hydrogen-bond donors (Lipinski definition) is 1. The van der Waals surface area contributed by atoms with Gasteiger partial charge in [-0.3, -0.25) is 19.2 Å². The van der Waals surface area contributed by atoms with E-state index >= 15 is 0 Å². The van der Waals surface area contributed by atoms with Gasteiger partial charge in [0.15, 0.2) is 17.5 Å². The Morgan fingerprint density at radius 3 is 2.77 bits per heavy atom. The quantitative estimate of drug-likeness (QED) is 0.800. The highest BCUT2D eigenvalue weighted by Crippen LogP contribution is 2.18. The van der Waals surface area contributed by atoms with Gasteiger partial charge in [0.05, 0.1) is 19.5 Å². The van der Waals surface area contributed by atoms with Crippen LogP contribution in [0, 0.1) is 0 Å². The molecular formula is C16H24ClN5O4. The van der Waals surface area contributed by atoms with E-state index in [1.54, 1.807) is 17.9 Å². The van der Waals surface area contributed by atoms with Crippen molar-refractivity contribution in [3.05, 3.63) is 27.2 Å². The molecular weight excluding hydrogens is 362 g/mol. The lowest BCUT2D eigenvalue weighted by atomic mass is 10.1. The van der Waals surface area contributed by atoms with Crippen LogP contribution in [0.5, 0.6) is 0 Å². The van der Waals surface area contributed by atoms with Crippen LogP contribution in [0.3, 0.4) is 0 Å². The summed E-state index contributed by atoms with van der Waals surface area (Å²) in [5, 5.41) is 0. The van der Waals surface area contributed by atoms with Crippen molar-refractivity contribution in [1.82, 2.24) is 24.0 Å². The van der Waals surface area contributed by atoms with Crippen LogP contribution in [-0.2, 0) is 23.1 Å². The molecule has 0 spiro atoms. The number of H-pyrrole nitrogens is 1. The molecule has 9 nitrogen and oxygen atoms in total. The van der Waals surface area contributed by atoms with Crippen molar-refractivity contribution in [3.63, 3.8) is 0 Å². The molecule has 0 aromatic carbocycles. The van der Waals surface area contributed by atoms with E-state index in [0.717, 1.165) is 19.6 Å². The maximum Gasteiger partial charge on any atom is 0.329 e. The van der Waals surface area contributed by atoms with Crippen LogP contribution in [0.2, 0.25) is 0 Å². The summed E-state index contributed by atoms with van der Waals surface area (Å²) in [6.07, 6.45) is 4.98. The molecule has 2 atom stereocenters. The molecule has 144 valence electrons. The molecule has 2 fully saturated rings. The number of piperidine rings is 1. The van der Waals surface area contributed by atoms with Gasteiger partial charge in [-0.05, 0) is 25.9 Å². The Morgan fingerprint density at radius 1 is 1.23 bits per heavy atom. The van der Waals surface area contributed by atoms with Crippen LogP contribution in [-0.4, -0.2) is 62.6 Å². The highest BCUT2D eigenvalue weighted by atomic mass is 35.5. The number of nitrogens with one attached hydrogen (secondary N) is 1. The van der Waals surface area contributed by atoms with Crippen molar-refractivity contribution in [2.24, 2.45) is 7.05 Å². The molecule has 0 aliphatic carbocycles. The summed E-state index contributed by atoms with van der Waals surface area (Å²) in [4.78, 5) is 32.7. The summed E-state index contributed by atoms with van der Waals surface area (Å²) in [7, 11) is 1.59. The Labute approximate surface area is 156 Å². The molecule has 2 unspecified atom stereocenters. The zero-order valence-corrected chi connectivity index (χ0v) is 15.5. The highest BCUT2D eigenvalue weighted by Gasteiger charge is 2.29. The Balaban J connectivity index is 0.00000196. The molecule has 0 saturated carbocycles. The van der Waals surface area contributed by atoms with Crippen LogP contribution in [0.15, 0.2) is 15.9 Å². The van der Waals surface area contributed by atoms with Crippen LogP contribution >= 0.6 is 12.4 Å². The van der Waals surface area contributed by atoms with Crippen LogP contribution in [0.4, 0.5) is 0 Å². The number of aromatic amines is 1. The van der Waals surface area contributed by atoms with Gasteiger partial charge in [0, 0.05) is 13.6 Å². The third-order valence-corrected chi connectivity index (χ3v) is 4.94. The fraction of sp³-hybridized carbons (Fsp3) is 0.688. The van der Waals surface area contributed by atoms with Gasteiger partial charge in [0.1, 0.15) is 6.10 Å². The number of halogens is 1. The molecule has 10 heteroatoms. The highest BCUT2D eigenvalue weighted by molar-refractivity contribution is 5.85. The summed E-state index contributed by atoms with van der Waals surface area (Å²) in [6, 6.07) is 0. The number of nitrogens with zero attached hydrogens (tertiary/aromatic N) is 4. The maximum absolute atomic E-state index is 12.1. The Kier molecular flexibility index (Phi) is 5.81. The predicted octanol–water partition coefficient (Wildman–Crippen LogP) is 0.0725. The first-order valence-corrected chi connectivity index (χ1v) is 8.75. The maximum atomic E-state index is 12.1. The molecule has 2 saturated heterocycles. The minimum Gasteiger partial charge on any atom is -0.349 e. The van der Waals surface area contributed by atoms with E-state index in [-0.39, 0.29) is 24.8 Å². The van der Waals surface area contributed by atoms with Gasteiger partial charge in [0.2, 0.25) is 0 Å². The van der Waals surface area contributed by atoms with Gasteiger partial charge in [0.25, 0.3) is 5.56 Å². The van der Waals surface area contributed by atoms with Crippen molar-refractivity contribution in [3.8, 4) is 0 Å². The van der Waals surface area contributed by atoms with E-state index in [0.29, 0.717) is 24.3 Å². The van der Waals surface area contributed by atoms with Gasteiger partial charge >= 0.3 is 5.69 Å². The molecule has 2 aromatic heterocycles. The molecule has 4 rings (SSSR count). The molecule has 2 aliphatic heterocycles. The monoisotopic (exact) mass is 385 g/mol. The molecule has 1 N–H and O–H groups in total. The van der Waals surface area contributed by atoms with Gasteiger partial charge in [-0.2, -0.15) is 0 Å². The number of aromatic nitrogens is 4. The normalized spacial score (nSPS) is 24.0. The van der Waals surface area contributed by atoms with Crippen molar-refractivity contribution in [2.45, 2.75) is 38.2 Å². The summed E-state index contributed by atoms with van der Waals surface area (Å²) in [5.41, 5.74) is -0.146. The lowest BCUT2D eigenvalue weighted by Crippen LogP contribution is -2.37. The average molecular weight is 386 g/mol. The second kappa shape index (κ2) is 7.91. The van der Waals surface area contributed by atoms with Crippen LogP contribution in [0.1, 0.15) is 19.3 Å². The lowest BCUT2D eigenvalue weighted by Gasteiger charge is -2.28. The predicted molar refractivity (Wildman–Crippen MR) is 97.7 cm³/mol. The topological polar surface area (TPSA) is 94.4 Å². The second-order valence-electron chi connectivity index (χ2n) is 6.77. The fourth-order valence-corrected chi connectivity index (χ4v) is 3.60. The number of likely N-dealkylation sites (tertiary alicyclic amines) is 1. The average Bonchev–Trinajstić information content (AvgIpc) is 3.22. The molecule has 0 amide bonds. The minimum atomic E-state index is -0.468. The summed E-state index contributed by atoms with van der Waals surface area (Å²) in [6.45, 7) is 3.94. The number of ether oxygens (including phenoxy) is 2. The van der Waals surface area contributed by atoms with Crippen LogP contribution in [0.25, 0.3) is 11.2 Å². The standard InChI is InChI=1S/C16H23N5O4.ClH/c1-19-14-13(15(22)18-16(19)23)21(10-17-14)7-11-9-24-12(25-11)8-20-5-3-2-4-6-20;/h10-12H,2-9H2,1H3,(H,18,22,23);1H. The number of imidazole rings is 1. The first-order chi connectivity index (χ1) is 12.1. The summed E-state index contributed by atoms with van der Waals surface area (Å²) in [5.74, 6) is 0. The van der Waals surface area contributed by atoms with E-state index in [1.807, 2.05) is 0 Å². The third-order valence-electron chi connectivity index (χ3n) is 4.94. The zero-order chi connectivity index (χ0) is 17.4. The molecule has 0 radical (unpaired) electrons. The largest absolute Gasteiger partial charge is 0.349 e. The minimum absolute atomic E-state index is 0. The van der Waals surface area contributed by atoms with Gasteiger partial charge in [-0.1, -0.05) is 6.42 Å². The van der Waals surface area contributed by atoms with E-state index in [1.165, 1.54) is 23.8 Å². The molecule has 4 heterocycles. The lowest BCUT2D eigenvalue weighted by molar-refractivity contribution is -0.0790. The molecule has 26 heavy (non-hydrogen) atoms. The summed E-state index contributed by atoms with van der Waals surface area (Å²) >= 11 is 0. The summed E-state index contributed by atoms with van der Waals surface area (Å²) < 4.78 is 14.8. The Bertz CT molecular complexity index is 870. The van der Waals surface area contributed by atoms with Gasteiger partial charge in [-0.15, -0.1) is 12.4 Å². The number of aryl methyl sites for hydroxylation is 1.